The molecular formula is C20H23N5O2S. The number of benzene rings is 1. The van der Waals surface area contributed by atoms with E-state index in [-0.39, 0.29) is 10.9 Å². The predicted octanol–water partition coefficient (Wildman–Crippen LogP) is 2.80. The lowest BCUT2D eigenvalue weighted by Crippen LogP contribution is -2.28. The molecule has 1 aromatic carbocycles. The molecule has 2 aromatic heterocycles. The number of aromatic nitrogens is 3. The van der Waals surface area contributed by atoms with Gasteiger partial charge in [0.1, 0.15) is 22.6 Å². The van der Waals surface area contributed by atoms with Crippen LogP contribution in [0.25, 0.3) is 0 Å². The first kappa shape index (κ1) is 18.6. The largest absolute Gasteiger partial charge is 0.356 e. The van der Waals surface area contributed by atoms with E-state index in [9.17, 15) is 8.42 Å². The molecule has 1 aliphatic rings. The van der Waals surface area contributed by atoms with Crippen LogP contribution in [0.4, 0.5) is 5.82 Å². The van der Waals surface area contributed by atoms with Gasteiger partial charge in [-0.25, -0.2) is 18.4 Å². The number of nitrogens with one attached hydrogen (secondary N) is 1. The summed E-state index contributed by atoms with van der Waals surface area (Å²) in [5.74, 6) is 1.44. The van der Waals surface area contributed by atoms with Crippen LogP contribution in [0.2, 0.25) is 0 Å². The zero-order valence-electron chi connectivity index (χ0n) is 15.7. The number of hydrogen-bond acceptors (Lipinski definition) is 5. The van der Waals surface area contributed by atoms with Crippen molar-refractivity contribution in [1.82, 2.24) is 18.8 Å². The van der Waals surface area contributed by atoms with E-state index in [1.807, 2.05) is 48.1 Å². The zero-order valence-corrected chi connectivity index (χ0v) is 16.5. The van der Waals surface area contributed by atoms with E-state index in [0.717, 1.165) is 24.2 Å². The van der Waals surface area contributed by atoms with Gasteiger partial charge in [-0.15, -0.1) is 0 Å². The van der Waals surface area contributed by atoms with Crippen LogP contribution >= 0.6 is 0 Å². The van der Waals surface area contributed by atoms with Gasteiger partial charge in [-0.05, 0) is 30.5 Å². The standard InChI is InChI=1S/C20H23N5O2S/c1-24-14-11-21-20(24)19(16-7-3-2-4-8-16)23-18-10-9-17(15-22-18)28(26,27)25-12-5-6-13-25/h2-4,7-11,14-15,19H,5-6,12-13H2,1H3,(H,22,23)/t19-/m1/s1. The third kappa shape index (κ3) is 3.65. The minimum absolute atomic E-state index is 0.199. The van der Waals surface area contributed by atoms with Gasteiger partial charge in [-0.3, -0.25) is 0 Å². The summed E-state index contributed by atoms with van der Waals surface area (Å²) in [6.07, 6.45) is 6.90. The van der Waals surface area contributed by atoms with E-state index in [1.54, 1.807) is 18.3 Å². The fourth-order valence-corrected chi connectivity index (χ4v) is 4.90. The summed E-state index contributed by atoms with van der Waals surface area (Å²) >= 11 is 0. The summed E-state index contributed by atoms with van der Waals surface area (Å²) in [6, 6.07) is 13.1. The van der Waals surface area contributed by atoms with Crippen molar-refractivity contribution in [3.8, 4) is 0 Å². The number of nitrogens with zero attached hydrogens (tertiary/aromatic N) is 4. The molecule has 0 spiro atoms. The van der Waals surface area contributed by atoms with E-state index < -0.39 is 10.0 Å². The van der Waals surface area contributed by atoms with Gasteiger partial charge < -0.3 is 9.88 Å². The Morgan fingerprint density at radius 2 is 1.79 bits per heavy atom. The smallest absolute Gasteiger partial charge is 0.244 e. The third-order valence-electron chi connectivity index (χ3n) is 4.98. The zero-order chi connectivity index (χ0) is 19.6. The van der Waals surface area contributed by atoms with Crippen molar-refractivity contribution >= 4 is 15.8 Å². The first-order valence-corrected chi connectivity index (χ1v) is 10.7. The molecule has 0 bridgehead atoms. The van der Waals surface area contributed by atoms with Crippen LogP contribution in [0.15, 0.2) is 66.0 Å². The number of sulfonamides is 1. The van der Waals surface area contributed by atoms with Crippen LogP contribution < -0.4 is 5.32 Å². The average molecular weight is 398 g/mol. The number of anilines is 1. The molecule has 0 amide bonds. The SMILES string of the molecule is Cn1ccnc1[C@H](Nc1ccc(S(=O)(=O)N2CCCC2)cn1)c1ccccc1. The molecule has 28 heavy (non-hydrogen) atoms. The Bertz CT molecular complexity index is 1030. The maximum Gasteiger partial charge on any atom is 0.244 e. The molecule has 7 nitrogen and oxygen atoms in total. The van der Waals surface area contributed by atoms with Crippen molar-refractivity contribution < 1.29 is 8.42 Å². The molecule has 146 valence electrons. The minimum atomic E-state index is -3.46. The summed E-state index contributed by atoms with van der Waals surface area (Å²) in [4.78, 5) is 9.06. The monoisotopic (exact) mass is 397 g/mol. The fraction of sp³-hybridized carbons (Fsp3) is 0.300. The van der Waals surface area contributed by atoms with Gasteiger partial charge in [0.25, 0.3) is 0 Å². The van der Waals surface area contributed by atoms with Crippen LogP contribution in [0.1, 0.15) is 30.3 Å². The van der Waals surface area contributed by atoms with Crippen LogP contribution in [-0.4, -0.2) is 40.3 Å². The molecule has 1 saturated heterocycles. The number of hydrogen-bond donors (Lipinski definition) is 1. The Hall–Kier alpha value is -2.71. The summed E-state index contributed by atoms with van der Waals surface area (Å²) < 4.78 is 28.8. The number of rotatable bonds is 6. The highest BCUT2D eigenvalue weighted by Gasteiger charge is 2.27. The molecule has 1 aliphatic heterocycles. The lowest BCUT2D eigenvalue weighted by Gasteiger charge is -2.20. The normalized spacial score (nSPS) is 16.2. The van der Waals surface area contributed by atoms with Gasteiger partial charge in [0.2, 0.25) is 10.0 Å². The van der Waals surface area contributed by atoms with Crippen LogP contribution in [0.3, 0.4) is 0 Å². The van der Waals surface area contributed by atoms with Crippen molar-refractivity contribution in [1.29, 1.82) is 0 Å². The van der Waals surface area contributed by atoms with Crippen molar-refractivity contribution in [2.45, 2.75) is 23.8 Å². The molecule has 1 atom stereocenters. The van der Waals surface area contributed by atoms with Crippen molar-refractivity contribution in [3.63, 3.8) is 0 Å². The van der Waals surface area contributed by atoms with Gasteiger partial charge in [0.15, 0.2) is 0 Å². The predicted molar refractivity (Wildman–Crippen MR) is 107 cm³/mol. The van der Waals surface area contributed by atoms with E-state index in [0.29, 0.717) is 18.9 Å². The third-order valence-corrected chi connectivity index (χ3v) is 6.86. The number of pyridine rings is 1. The van der Waals surface area contributed by atoms with Gasteiger partial charge in [0.05, 0.1) is 0 Å². The Balaban J connectivity index is 1.60. The summed E-state index contributed by atoms with van der Waals surface area (Å²) in [5.41, 5.74) is 1.05. The Morgan fingerprint density at radius 3 is 2.39 bits per heavy atom. The lowest BCUT2D eigenvalue weighted by molar-refractivity contribution is 0.477. The maximum atomic E-state index is 12.7. The van der Waals surface area contributed by atoms with E-state index in [1.165, 1.54) is 10.5 Å². The van der Waals surface area contributed by atoms with E-state index >= 15 is 0 Å². The average Bonchev–Trinajstić information content (AvgIpc) is 3.40. The molecule has 1 N–H and O–H groups in total. The van der Waals surface area contributed by atoms with Crippen molar-refractivity contribution in [2.24, 2.45) is 7.05 Å². The molecule has 3 aromatic rings. The molecule has 0 unspecified atom stereocenters. The highest BCUT2D eigenvalue weighted by Crippen LogP contribution is 2.26. The molecule has 0 saturated carbocycles. The second-order valence-corrected chi connectivity index (χ2v) is 8.81. The minimum Gasteiger partial charge on any atom is -0.356 e. The van der Waals surface area contributed by atoms with E-state index in [2.05, 4.69) is 15.3 Å². The fourth-order valence-electron chi connectivity index (χ4n) is 3.44. The second-order valence-electron chi connectivity index (χ2n) is 6.87. The molecule has 0 radical (unpaired) electrons. The molecule has 0 aliphatic carbocycles. The molecular weight excluding hydrogens is 374 g/mol. The lowest BCUT2D eigenvalue weighted by atomic mass is 10.1. The number of imidazole rings is 1. The topological polar surface area (TPSA) is 80.1 Å². The number of aryl methyl sites for hydroxylation is 1. The first-order chi connectivity index (χ1) is 13.6. The Kier molecular flexibility index (Phi) is 5.15. The maximum absolute atomic E-state index is 12.7. The van der Waals surface area contributed by atoms with Gasteiger partial charge in [0, 0.05) is 38.7 Å². The summed E-state index contributed by atoms with van der Waals surface area (Å²) in [7, 11) is -1.52. The van der Waals surface area contributed by atoms with Gasteiger partial charge in [-0.1, -0.05) is 30.3 Å². The highest BCUT2D eigenvalue weighted by molar-refractivity contribution is 7.89. The molecule has 8 heteroatoms. The summed E-state index contributed by atoms with van der Waals surface area (Å²) in [5, 5.41) is 3.38. The highest BCUT2D eigenvalue weighted by atomic mass is 32.2. The second kappa shape index (κ2) is 7.73. The van der Waals surface area contributed by atoms with Crippen LogP contribution in [0, 0.1) is 0 Å². The van der Waals surface area contributed by atoms with Crippen LogP contribution in [-0.2, 0) is 17.1 Å². The molecule has 1 fully saturated rings. The Morgan fingerprint density at radius 1 is 1.04 bits per heavy atom. The molecule has 3 heterocycles. The van der Waals surface area contributed by atoms with Crippen molar-refractivity contribution in [3.05, 3.63) is 72.4 Å². The Labute approximate surface area is 165 Å². The summed E-state index contributed by atoms with van der Waals surface area (Å²) in [6.45, 7) is 1.16. The van der Waals surface area contributed by atoms with Gasteiger partial charge in [-0.2, -0.15) is 4.31 Å². The van der Waals surface area contributed by atoms with Crippen molar-refractivity contribution in [2.75, 3.05) is 18.4 Å². The van der Waals surface area contributed by atoms with E-state index in [4.69, 9.17) is 0 Å². The first-order valence-electron chi connectivity index (χ1n) is 9.30. The van der Waals surface area contributed by atoms with Gasteiger partial charge >= 0.3 is 0 Å². The quantitative estimate of drug-likeness (QED) is 0.692. The molecule has 4 rings (SSSR count). The van der Waals surface area contributed by atoms with Crippen LogP contribution in [0.5, 0.6) is 0 Å².